The van der Waals surface area contributed by atoms with Gasteiger partial charge in [-0.1, -0.05) is 6.07 Å². The van der Waals surface area contributed by atoms with Gasteiger partial charge in [0.1, 0.15) is 5.69 Å². The van der Waals surface area contributed by atoms with Gasteiger partial charge in [-0.15, -0.1) is 0 Å². The smallest absolute Gasteiger partial charge is 0.292 e. The fourth-order valence-electron chi connectivity index (χ4n) is 2.33. The summed E-state index contributed by atoms with van der Waals surface area (Å²) in [5.74, 6) is 0.688. The van der Waals surface area contributed by atoms with Crippen molar-refractivity contribution < 1.29 is 19.2 Å². The monoisotopic (exact) mass is 345 g/mol. The maximum Gasteiger partial charge on any atom is 0.292 e. The highest BCUT2D eigenvalue weighted by Crippen LogP contribution is 2.30. The molecule has 0 aliphatic rings. The quantitative estimate of drug-likeness (QED) is 0.472. The van der Waals surface area contributed by atoms with Crippen LogP contribution in [0.1, 0.15) is 28.9 Å². The molecule has 0 aliphatic carbocycles. The zero-order valence-corrected chi connectivity index (χ0v) is 14.1. The van der Waals surface area contributed by atoms with Crippen LogP contribution in [0.3, 0.4) is 0 Å². The molecule has 0 bridgehead atoms. The van der Waals surface area contributed by atoms with Crippen LogP contribution < -0.4 is 20.5 Å². The molecule has 0 radical (unpaired) electrons. The van der Waals surface area contributed by atoms with Crippen LogP contribution >= 0.6 is 0 Å². The molecule has 0 saturated carbocycles. The molecule has 0 fully saturated rings. The molecule has 0 saturated heterocycles. The molecule has 2 aromatic rings. The van der Waals surface area contributed by atoms with Crippen molar-refractivity contribution in [2.75, 3.05) is 20.0 Å². The van der Waals surface area contributed by atoms with Gasteiger partial charge in [-0.05, 0) is 36.8 Å². The Morgan fingerprint density at radius 2 is 1.84 bits per heavy atom. The van der Waals surface area contributed by atoms with Gasteiger partial charge in [-0.3, -0.25) is 14.9 Å². The van der Waals surface area contributed by atoms with Gasteiger partial charge < -0.3 is 20.5 Å². The number of rotatable bonds is 6. The molecular formula is C17H19N3O5. The third kappa shape index (κ3) is 3.97. The second-order valence-corrected chi connectivity index (χ2v) is 5.34. The Morgan fingerprint density at radius 1 is 1.16 bits per heavy atom. The van der Waals surface area contributed by atoms with Crippen LogP contribution in [0.2, 0.25) is 0 Å². The number of nitro benzene ring substituents is 1. The highest BCUT2D eigenvalue weighted by atomic mass is 16.6. The Bertz CT molecular complexity index is 807. The number of carbonyl (C=O) groups is 1. The molecule has 1 atom stereocenters. The number of nitrogens with two attached hydrogens (primary N) is 1. The minimum atomic E-state index is -0.621. The minimum absolute atomic E-state index is 0.00879. The summed E-state index contributed by atoms with van der Waals surface area (Å²) in [4.78, 5) is 22.7. The molecule has 0 aromatic heterocycles. The zero-order chi connectivity index (χ0) is 18.6. The molecule has 0 spiro atoms. The summed E-state index contributed by atoms with van der Waals surface area (Å²) in [6, 6.07) is 8.90. The summed E-state index contributed by atoms with van der Waals surface area (Å²) in [7, 11) is 3.06. The maximum atomic E-state index is 12.4. The summed E-state index contributed by atoms with van der Waals surface area (Å²) >= 11 is 0. The predicted molar refractivity (Wildman–Crippen MR) is 92.9 cm³/mol. The van der Waals surface area contributed by atoms with Crippen molar-refractivity contribution in [1.82, 2.24) is 5.32 Å². The highest BCUT2D eigenvalue weighted by Gasteiger charge is 2.18. The normalized spacial score (nSPS) is 11.5. The minimum Gasteiger partial charge on any atom is -0.493 e. The molecule has 8 heteroatoms. The maximum absolute atomic E-state index is 12.4. The van der Waals surface area contributed by atoms with E-state index in [0.717, 1.165) is 11.6 Å². The van der Waals surface area contributed by atoms with E-state index in [0.29, 0.717) is 11.5 Å². The predicted octanol–water partition coefficient (Wildman–Crippen LogP) is 2.69. The standard InChI is InChI=1S/C17H19N3O5/c1-10(11-5-7-15(24-2)16(9-11)25-3)19-17(21)12-4-6-13(18)14(8-12)20(22)23/h4-10H,18H2,1-3H3,(H,19,21). The lowest BCUT2D eigenvalue weighted by atomic mass is 10.1. The number of hydrogen-bond acceptors (Lipinski definition) is 6. The first-order chi connectivity index (χ1) is 11.9. The highest BCUT2D eigenvalue weighted by molar-refractivity contribution is 5.95. The van der Waals surface area contributed by atoms with Gasteiger partial charge in [0, 0.05) is 11.6 Å². The molecule has 25 heavy (non-hydrogen) atoms. The number of methoxy groups -OCH3 is 2. The van der Waals surface area contributed by atoms with Gasteiger partial charge in [0.2, 0.25) is 0 Å². The largest absolute Gasteiger partial charge is 0.493 e. The van der Waals surface area contributed by atoms with E-state index in [1.165, 1.54) is 26.4 Å². The van der Waals surface area contributed by atoms with E-state index in [2.05, 4.69) is 5.32 Å². The Kier molecular flexibility index (Phi) is 5.43. The number of nitrogens with zero attached hydrogens (tertiary/aromatic N) is 1. The van der Waals surface area contributed by atoms with Gasteiger partial charge in [0.25, 0.3) is 11.6 Å². The van der Waals surface area contributed by atoms with E-state index < -0.39 is 10.8 Å². The molecular weight excluding hydrogens is 326 g/mol. The van der Waals surface area contributed by atoms with Crippen molar-refractivity contribution in [3.63, 3.8) is 0 Å². The molecule has 2 rings (SSSR count). The Hall–Kier alpha value is -3.29. The molecule has 8 nitrogen and oxygen atoms in total. The topological polar surface area (TPSA) is 117 Å². The molecule has 0 aliphatic heterocycles. The van der Waals surface area contributed by atoms with E-state index in [1.807, 2.05) is 0 Å². The molecule has 0 heterocycles. The number of nitro groups is 1. The van der Waals surface area contributed by atoms with Crippen molar-refractivity contribution in [3.8, 4) is 11.5 Å². The number of anilines is 1. The Morgan fingerprint density at radius 3 is 2.44 bits per heavy atom. The van der Waals surface area contributed by atoms with Crippen molar-refractivity contribution >= 4 is 17.3 Å². The van der Waals surface area contributed by atoms with Crippen molar-refractivity contribution in [3.05, 3.63) is 57.6 Å². The summed E-state index contributed by atoms with van der Waals surface area (Å²) < 4.78 is 10.4. The second-order valence-electron chi connectivity index (χ2n) is 5.34. The number of carbonyl (C=O) groups excluding carboxylic acids is 1. The number of nitrogen functional groups attached to an aromatic ring is 1. The number of amides is 1. The lowest BCUT2D eigenvalue weighted by molar-refractivity contribution is -0.383. The van der Waals surface area contributed by atoms with Crippen LogP contribution in [0, 0.1) is 10.1 Å². The van der Waals surface area contributed by atoms with E-state index >= 15 is 0 Å². The van der Waals surface area contributed by atoms with Crippen molar-refractivity contribution in [2.45, 2.75) is 13.0 Å². The van der Waals surface area contributed by atoms with Gasteiger partial charge >= 0.3 is 0 Å². The average Bonchev–Trinajstić information content (AvgIpc) is 2.60. The van der Waals surface area contributed by atoms with Gasteiger partial charge in [0.15, 0.2) is 11.5 Å². The van der Waals surface area contributed by atoms with E-state index in [1.54, 1.807) is 25.1 Å². The van der Waals surface area contributed by atoms with Gasteiger partial charge in [-0.25, -0.2) is 0 Å². The molecule has 3 N–H and O–H groups in total. The first-order valence-corrected chi connectivity index (χ1v) is 7.44. The van der Waals surface area contributed by atoms with Crippen molar-refractivity contribution in [1.29, 1.82) is 0 Å². The molecule has 132 valence electrons. The summed E-state index contributed by atoms with van der Waals surface area (Å²) in [6.07, 6.45) is 0. The van der Waals surface area contributed by atoms with Gasteiger partial charge in [-0.2, -0.15) is 0 Å². The van der Waals surface area contributed by atoms with E-state index in [4.69, 9.17) is 15.2 Å². The van der Waals surface area contributed by atoms with E-state index in [-0.39, 0.29) is 23.0 Å². The van der Waals surface area contributed by atoms with Crippen LogP contribution in [0.5, 0.6) is 11.5 Å². The second kappa shape index (κ2) is 7.52. The number of ether oxygens (including phenoxy) is 2. The number of nitrogens with one attached hydrogen (secondary N) is 1. The lowest BCUT2D eigenvalue weighted by Gasteiger charge is -2.16. The third-order valence-corrected chi connectivity index (χ3v) is 3.74. The summed E-state index contributed by atoms with van der Waals surface area (Å²) in [6.45, 7) is 1.80. The number of benzene rings is 2. The first kappa shape index (κ1) is 18.1. The van der Waals surface area contributed by atoms with Gasteiger partial charge in [0.05, 0.1) is 25.2 Å². The van der Waals surface area contributed by atoms with E-state index in [9.17, 15) is 14.9 Å². The van der Waals surface area contributed by atoms with Crippen LogP contribution in [0.4, 0.5) is 11.4 Å². The van der Waals surface area contributed by atoms with Crippen LogP contribution in [0.25, 0.3) is 0 Å². The first-order valence-electron chi connectivity index (χ1n) is 7.44. The average molecular weight is 345 g/mol. The third-order valence-electron chi connectivity index (χ3n) is 3.74. The molecule has 1 unspecified atom stereocenters. The van der Waals surface area contributed by atoms with Crippen LogP contribution in [-0.2, 0) is 0 Å². The molecule has 2 aromatic carbocycles. The van der Waals surface area contributed by atoms with Crippen molar-refractivity contribution in [2.24, 2.45) is 0 Å². The fraction of sp³-hybridized carbons (Fsp3) is 0.235. The Labute approximate surface area is 144 Å². The SMILES string of the molecule is COc1ccc(C(C)NC(=O)c2ccc(N)c([N+](=O)[O-])c2)cc1OC. The molecule has 1 amide bonds. The summed E-state index contributed by atoms with van der Waals surface area (Å²) in [5, 5.41) is 13.7. The van der Waals surface area contributed by atoms with Crippen LogP contribution in [-0.4, -0.2) is 25.1 Å². The lowest BCUT2D eigenvalue weighted by Crippen LogP contribution is -2.26. The zero-order valence-electron chi connectivity index (χ0n) is 14.1. The fourth-order valence-corrected chi connectivity index (χ4v) is 2.33. The Balaban J connectivity index is 2.20. The summed E-state index contributed by atoms with van der Waals surface area (Å²) in [5.41, 5.74) is 6.21. The van der Waals surface area contributed by atoms with Crippen LogP contribution in [0.15, 0.2) is 36.4 Å². The number of hydrogen-bond donors (Lipinski definition) is 2.